The highest BCUT2D eigenvalue weighted by molar-refractivity contribution is 7.91. The Labute approximate surface area is 121 Å². The molecule has 0 aliphatic heterocycles. The summed E-state index contributed by atoms with van der Waals surface area (Å²) in [5.74, 6) is 0. The third kappa shape index (κ3) is 3.24. The fraction of sp³-hybridized carbons (Fsp3) is 0.333. The zero-order valence-corrected chi connectivity index (χ0v) is 13.1. The van der Waals surface area contributed by atoms with Gasteiger partial charge in [-0.2, -0.15) is 4.31 Å². The van der Waals surface area contributed by atoms with Gasteiger partial charge in [0, 0.05) is 23.3 Å². The van der Waals surface area contributed by atoms with Crippen molar-refractivity contribution in [3.05, 3.63) is 39.4 Å². The minimum atomic E-state index is -3.51. The van der Waals surface area contributed by atoms with E-state index in [2.05, 4.69) is 0 Å². The topological polar surface area (TPSA) is 57.6 Å². The van der Waals surface area contributed by atoms with Crippen molar-refractivity contribution in [3.8, 4) is 0 Å². The van der Waals surface area contributed by atoms with Crippen LogP contribution in [0, 0.1) is 6.92 Å². The number of aliphatic hydroxyl groups excluding tert-OH is 1. The fourth-order valence-corrected chi connectivity index (χ4v) is 4.99. The van der Waals surface area contributed by atoms with Crippen molar-refractivity contribution in [1.82, 2.24) is 4.31 Å². The lowest BCUT2D eigenvalue weighted by Gasteiger charge is -2.19. The predicted octanol–water partition coefficient (Wildman–Crippen LogP) is 2.47. The van der Waals surface area contributed by atoms with Gasteiger partial charge in [-0.1, -0.05) is 6.07 Å². The first-order valence-corrected chi connectivity index (χ1v) is 8.79. The zero-order valence-electron chi connectivity index (χ0n) is 10.6. The lowest BCUT2D eigenvalue weighted by atomic mass is 10.3. The number of hydrogen-bond donors (Lipinski definition) is 1. The zero-order chi connectivity index (χ0) is 14.0. The molecule has 0 radical (unpaired) electrons. The number of aliphatic hydroxyl groups is 1. The number of rotatable bonds is 5. The molecule has 1 atom stereocenters. The second kappa shape index (κ2) is 5.72. The molecule has 104 valence electrons. The number of thiophene rings is 2. The van der Waals surface area contributed by atoms with Gasteiger partial charge >= 0.3 is 0 Å². The third-order valence-corrected chi connectivity index (χ3v) is 6.95. The van der Waals surface area contributed by atoms with Crippen LogP contribution in [0.15, 0.2) is 33.9 Å². The molecule has 0 spiro atoms. The Hall–Kier alpha value is -0.730. The normalized spacial score (nSPS) is 13.9. The van der Waals surface area contributed by atoms with Crippen LogP contribution in [0.25, 0.3) is 0 Å². The van der Waals surface area contributed by atoms with Gasteiger partial charge in [-0.05, 0) is 30.5 Å². The third-order valence-electron chi connectivity index (χ3n) is 2.68. The largest absolute Gasteiger partial charge is 0.386 e. The molecular formula is C12H15NO3S3. The Kier molecular flexibility index (Phi) is 4.42. The number of likely N-dealkylation sites (N-methyl/N-ethyl adjacent to an activating group) is 1. The number of nitrogens with zero attached hydrogens (tertiary/aromatic N) is 1. The van der Waals surface area contributed by atoms with Crippen molar-refractivity contribution in [2.24, 2.45) is 0 Å². The quantitative estimate of drug-likeness (QED) is 0.921. The summed E-state index contributed by atoms with van der Waals surface area (Å²) >= 11 is 2.65. The van der Waals surface area contributed by atoms with E-state index in [0.29, 0.717) is 4.21 Å². The van der Waals surface area contributed by atoms with Crippen LogP contribution in [0.2, 0.25) is 0 Å². The minimum absolute atomic E-state index is 0.0554. The SMILES string of the molecule is Cc1ccc(S(=O)(=O)N(C)CC(O)c2cccs2)s1. The summed E-state index contributed by atoms with van der Waals surface area (Å²) in [6.45, 7) is 1.92. The second-order valence-corrected chi connectivity index (χ2v) is 8.72. The molecule has 2 aromatic rings. The molecular weight excluding hydrogens is 302 g/mol. The molecule has 2 rings (SSSR count). The van der Waals surface area contributed by atoms with E-state index in [1.165, 1.54) is 34.0 Å². The molecule has 2 aromatic heterocycles. The standard InChI is InChI=1S/C12H15NO3S3/c1-9-5-6-12(18-9)19(15,16)13(2)8-10(14)11-4-3-7-17-11/h3-7,10,14H,8H2,1-2H3. The van der Waals surface area contributed by atoms with E-state index in [4.69, 9.17) is 0 Å². The predicted molar refractivity (Wildman–Crippen MR) is 78.2 cm³/mol. The van der Waals surface area contributed by atoms with E-state index in [9.17, 15) is 13.5 Å². The Balaban J connectivity index is 2.13. The lowest BCUT2D eigenvalue weighted by molar-refractivity contribution is 0.158. The van der Waals surface area contributed by atoms with Crippen LogP contribution in [0.5, 0.6) is 0 Å². The smallest absolute Gasteiger partial charge is 0.252 e. The first-order valence-electron chi connectivity index (χ1n) is 5.65. The molecule has 0 aromatic carbocycles. The van der Waals surface area contributed by atoms with Gasteiger partial charge in [-0.25, -0.2) is 8.42 Å². The maximum atomic E-state index is 12.3. The van der Waals surface area contributed by atoms with E-state index < -0.39 is 16.1 Å². The lowest BCUT2D eigenvalue weighted by Crippen LogP contribution is -2.30. The van der Waals surface area contributed by atoms with E-state index in [-0.39, 0.29) is 6.54 Å². The Morgan fingerprint density at radius 1 is 1.37 bits per heavy atom. The van der Waals surface area contributed by atoms with Gasteiger partial charge in [0.2, 0.25) is 0 Å². The first-order chi connectivity index (χ1) is 8.91. The first kappa shape index (κ1) is 14.7. The Bertz CT molecular complexity index is 631. The number of aryl methyl sites for hydroxylation is 1. The van der Waals surface area contributed by atoms with Gasteiger partial charge in [-0.15, -0.1) is 22.7 Å². The van der Waals surface area contributed by atoms with Gasteiger partial charge < -0.3 is 5.11 Å². The summed E-state index contributed by atoms with van der Waals surface area (Å²) in [5.41, 5.74) is 0. The van der Waals surface area contributed by atoms with Crippen LogP contribution >= 0.6 is 22.7 Å². The highest BCUT2D eigenvalue weighted by Gasteiger charge is 2.25. The molecule has 0 saturated heterocycles. The molecule has 0 saturated carbocycles. The van der Waals surface area contributed by atoms with Crippen LogP contribution in [-0.4, -0.2) is 31.4 Å². The van der Waals surface area contributed by atoms with Gasteiger partial charge in [0.25, 0.3) is 10.0 Å². The summed E-state index contributed by atoms with van der Waals surface area (Å²) in [4.78, 5) is 1.72. The molecule has 0 amide bonds. The van der Waals surface area contributed by atoms with E-state index in [1.807, 2.05) is 18.4 Å². The van der Waals surface area contributed by atoms with Gasteiger partial charge in [-0.3, -0.25) is 0 Å². The van der Waals surface area contributed by atoms with Crippen molar-refractivity contribution in [2.45, 2.75) is 17.2 Å². The molecule has 2 heterocycles. The minimum Gasteiger partial charge on any atom is -0.386 e. The van der Waals surface area contributed by atoms with Crippen molar-refractivity contribution < 1.29 is 13.5 Å². The molecule has 0 aliphatic rings. The van der Waals surface area contributed by atoms with E-state index >= 15 is 0 Å². The molecule has 7 heteroatoms. The maximum absolute atomic E-state index is 12.3. The second-order valence-electron chi connectivity index (χ2n) is 4.18. The summed E-state index contributed by atoms with van der Waals surface area (Å²) in [6.07, 6.45) is -0.791. The molecule has 19 heavy (non-hydrogen) atoms. The number of sulfonamides is 1. The monoisotopic (exact) mass is 317 g/mol. The van der Waals surface area contributed by atoms with Gasteiger partial charge in [0.1, 0.15) is 10.3 Å². The van der Waals surface area contributed by atoms with Crippen LogP contribution in [-0.2, 0) is 10.0 Å². The summed E-state index contributed by atoms with van der Waals surface area (Å²) < 4.78 is 26.1. The van der Waals surface area contributed by atoms with Crippen molar-refractivity contribution in [2.75, 3.05) is 13.6 Å². The fourth-order valence-electron chi connectivity index (χ4n) is 1.62. The van der Waals surface area contributed by atoms with E-state index in [1.54, 1.807) is 18.2 Å². The average Bonchev–Trinajstić information content (AvgIpc) is 2.99. The molecule has 0 aliphatic carbocycles. The van der Waals surface area contributed by atoms with Crippen LogP contribution in [0.1, 0.15) is 15.9 Å². The van der Waals surface area contributed by atoms with E-state index in [0.717, 1.165) is 9.75 Å². The molecule has 1 N–H and O–H groups in total. The van der Waals surface area contributed by atoms with Gasteiger partial charge in [0.15, 0.2) is 0 Å². The molecule has 4 nitrogen and oxygen atoms in total. The van der Waals surface area contributed by atoms with Crippen LogP contribution in [0.3, 0.4) is 0 Å². The molecule has 0 fully saturated rings. The Morgan fingerprint density at radius 2 is 2.11 bits per heavy atom. The highest BCUT2D eigenvalue weighted by atomic mass is 32.2. The Morgan fingerprint density at radius 3 is 2.63 bits per heavy atom. The summed E-state index contributed by atoms with van der Waals surface area (Å²) in [6, 6.07) is 7.01. The molecule has 0 bridgehead atoms. The molecule has 1 unspecified atom stereocenters. The van der Waals surface area contributed by atoms with Crippen LogP contribution < -0.4 is 0 Å². The van der Waals surface area contributed by atoms with Crippen LogP contribution in [0.4, 0.5) is 0 Å². The number of hydrogen-bond acceptors (Lipinski definition) is 5. The average molecular weight is 317 g/mol. The van der Waals surface area contributed by atoms with Crippen molar-refractivity contribution in [3.63, 3.8) is 0 Å². The van der Waals surface area contributed by atoms with Crippen molar-refractivity contribution >= 4 is 32.7 Å². The highest BCUT2D eigenvalue weighted by Crippen LogP contribution is 2.26. The summed E-state index contributed by atoms with van der Waals surface area (Å²) in [5, 5.41) is 11.9. The summed E-state index contributed by atoms with van der Waals surface area (Å²) in [7, 11) is -2.02. The maximum Gasteiger partial charge on any atom is 0.252 e. The van der Waals surface area contributed by atoms with Crippen molar-refractivity contribution in [1.29, 1.82) is 0 Å². The van der Waals surface area contributed by atoms with Gasteiger partial charge in [0.05, 0.1) is 0 Å².